The van der Waals surface area contributed by atoms with Crippen LogP contribution < -0.4 is 0 Å². The minimum absolute atomic E-state index is 1.04. The zero-order valence-corrected chi connectivity index (χ0v) is 9.97. The lowest BCUT2D eigenvalue weighted by Gasteiger charge is -1.99. The summed E-state index contributed by atoms with van der Waals surface area (Å²) in [7, 11) is 2.07. The van der Waals surface area contributed by atoms with E-state index in [1.54, 1.807) is 0 Å². The largest absolute Gasteiger partial charge is 0.332 e. The van der Waals surface area contributed by atoms with Crippen LogP contribution in [0.4, 0.5) is 0 Å². The lowest BCUT2D eigenvalue weighted by atomic mass is 10.4. The van der Waals surface area contributed by atoms with Gasteiger partial charge in [-0.1, -0.05) is 13.8 Å². The highest BCUT2D eigenvalue weighted by molar-refractivity contribution is 8.02. The van der Waals surface area contributed by atoms with Crippen molar-refractivity contribution in [1.29, 1.82) is 0 Å². The molecule has 1 aromatic rings. The molecule has 0 saturated carbocycles. The Balaban J connectivity index is 2.58. The molecular formula is C11H18N2S. The molecule has 0 radical (unpaired) electrons. The smallest absolute Gasteiger partial charge is 0.133 e. The molecule has 0 bridgehead atoms. The molecule has 0 N–H and O–H groups in total. The Bertz CT molecular complexity index is 302. The van der Waals surface area contributed by atoms with Crippen molar-refractivity contribution in [3.63, 3.8) is 0 Å². The third-order valence-electron chi connectivity index (χ3n) is 2.12. The van der Waals surface area contributed by atoms with Gasteiger partial charge in [-0.05, 0) is 30.1 Å². The highest BCUT2D eigenvalue weighted by atomic mass is 32.2. The van der Waals surface area contributed by atoms with Gasteiger partial charge in [0, 0.05) is 18.9 Å². The van der Waals surface area contributed by atoms with Gasteiger partial charge >= 0.3 is 0 Å². The Morgan fingerprint density at radius 1 is 1.50 bits per heavy atom. The minimum Gasteiger partial charge on any atom is -0.332 e. The fourth-order valence-electron chi connectivity index (χ4n) is 1.24. The summed E-state index contributed by atoms with van der Waals surface area (Å²) in [6, 6.07) is 0. The second-order valence-corrected chi connectivity index (χ2v) is 4.21. The van der Waals surface area contributed by atoms with E-state index in [4.69, 9.17) is 0 Å². The average molecular weight is 210 g/mol. The van der Waals surface area contributed by atoms with E-state index in [-0.39, 0.29) is 0 Å². The first-order chi connectivity index (χ1) is 6.79. The molecule has 1 rings (SSSR count). The monoisotopic (exact) mass is 210 g/mol. The van der Waals surface area contributed by atoms with Crippen LogP contribution in [0.25, 0.3) is 6.08 Å². The third kappa shape index (κ3) is 2.91. The van der Waals surface area contributed by atoms with Gasteiger partial charge in [-0.25, -0.2) is 4.98 Å². The average Bonchev–Trinajstić information content (AvgIpc) is 2.55. The van der Waals surface area contributed by atoms with Crippen LogP contribution in [0.15, 0.2) is 11.6 Å². The van der Waals surface area contributed by atoms with Crippen molar-refractivity contribution in [3.05, 3.63) is 23.1 Å². The number of nitrogens with zero attached hydrogens (tertiary/aromatic N) is 2. The van der Waals surface area contributed by atoms with Crippen molar-refractivity contribution in [2.24, 2.45) is 7.05 Å². The molecule has 0 aliphatic rings. The zero-order chi connectivity index (χ0) is 10.4. The topological polar surface area (TPSA) is 17.8 Å². The summed E-state index contributed by atoms with van der Waals surface area (Å²) in [6.07, 6.45) is 6.29. The van der Waals surface area contributed by atoms with Gasteiger partial charge < -0.3 is 4.57 Å². The second kappa shape index (κ2) is 5.91. The van der Waals surface area contributed by atoms with Crippen molar-refractivity contribution in [2.45, 2.75) is 26.7 Å². The fourth-order valence-corrected chi connectivity index (χ4v) is 1.83. The maximum atomic E-state index is 4.35. The summed E-state index contributed by atoms with van der Waals surface area (Å²) in [6.45, 7) is 4.34. The van der Waals surface area contributed by atoms with E-state index in [9.17, 15) is 0 Å². The van der Waals surface area contributed by atoms with Crippen LogP contribution in [0.1, 0.15) is 31.8 Å². The van der Waals surface area contributed by atoms with Crippen LogP contribution >= 0.6 is 11.8 Å². The SMILES string of the molecule is CCCSC=Cc1ncc(CC)n1C. The van der Waals surface area contributed by atoms with Crippen LogP contribution in [0.2, 0.25) is 0 Å². The van der Waals surface area contributed by atoms with Gasteiger partial charge in [0.15, 0.2) is 0 Å². The molecule has 0 amide bonds. The summed E-state index contributed by atoms with van der Waals surface area (Å²) >= 11 is 1.84. The van der Waals surface area contributed by atoms with E-state index in [0.717, 1.165) is 12.2 Å². The Labute approximate surface area is 90.4 Å². The first-order valence-corrected chi connectivity index (χ1v) is 6.13. The molecule has 0 unspecified atom stereocenters. The standard InChI is InChI=1S/C11H18N2S/c1-4-7-14-8-6-11-12-9-10(5-2)13(11)3/h6,8-9H,4-5,7H2,1-3H3. The lowest BCUT2D eigenvalue weighted by molar-refractivity contribution is 0.823. The first kappa shape index (κ1) is 11.4. The van der Waals surface area contributed by atoms with E-state index >= 15 is 0 Å². The molecule has 0 atom stereocenters. The molecule has 14 heavy (non-hydrogen) atoms. The van der Waals surface area contributed by atoms with Gasteiger partial charge in [0.2, 0.25) is 0 Å². The predicted octanol–water partition coefficient (Wildman–Crippen LogP) is 3.10. The Hall–Kier alpha value is -0.700. The zero-order valence-electron chi connectivity index (χ0n) is 9.16. The van der Waals surface area contributed by atoms with E-state index in [0.29, 0.717) is 0 Å². The fraction of sp³-hybridized carbons (Fsp3) is 0.545. The Morgan fingerprint density at radius 3 is 2.86 bits per heavy atom. The molecule has 3 heteroatoms. The Morgan fingerprint density at radius 2 is 2.29 bits per heavy atom. The quantitative estimate of drug-likeness (QED) is 0.695. The van der Waals surface area contributed by atoms with Crippen LogP contribution in [0, 0.1) is 0 Å². The summed E-state index contributed by atoms with van der Waals surface area (Å²) in [5, 5.41) is 2.13. The summed E-state index contributed by atoms with van der Waals surface area (Å²) < 4.78 is 2.14. The molecule has 1 aromatic heterocycles. The van der Waals surface area contributed by atoms with Crippen LogP contribution in [-0.4, -0.2) is 15.3 Å². The second-order valence-electron chi connectivity index (χ2n) is 3.19. The third-order valence-corrected chi connectivity index (χ3v) is 3.09. The van der Waals surface area contributed by atoms with E-state index < -0.39 is 0 Å². The van der Waals surface area contributed by atoms with E-state index in [2.05, 4.69) is 41.9 Å². The van der Waals surface area contributed by atoms with Gasteiger partial charge in [0.25, 0.3) is 0 Å². The predicted molar refractivity (Wildman–Crippen MR) is 64.4 cm³/mol. The molecule has 2 nitrogen and oxygen atoms in total. The van der Waals surface area contributed by atoms with Crippen molar-refractivity contribution in [3.8, 4) is 0 Å². The molecule has 0 saturated heterocycles. The summed E-state index contributed by atoms with van der Waals surface area (Å²) in [5.41, 5.74) is 1.28. The van der Waals surface area contributed by atoms with Crippen LogP contribution in [0.5, 0.6) is 0 Å². The number of rotatable bonds is 5. The Kier molecular flexibility index (Phi) is 4.80. The summed E-state index contributed by atoms with van der Waals surface area (Å²) in [5.74, 6) is 2.23. The first-order valence-electron chi connectivity index (χ1n) is 5.08. The van der Waals surface area contributed by atoms with Crippen LogP contribution in [0.3, 0.4) is 0 Å². The van der Waals surface area contributed by atoms with Gasteiger partial charge in [-0.15, -0.1) is 11.8 Å². The number of hydrogen-bond donors (Lipinski definition) is 0. The maximum Gasteiger partial charge on any atom is 0.133 e. The number of thioether (sulfide) groups is 1. The van der Waals surface area contributed by atoms with Crippen molar-refractivity contribution < 1.29 is 0 Å². The number of aromatic nitrogens is 2. The molecular weight excluding hydrogens is 192 g/mol. The summed E-state index contributed by atoms with van der Waals surface area (Å²) in [4.78, 5) is 4.35. The van der Waals surface area contributed by atoms with Crippen molar-refractivity contribution in [1.82, 2.24) is 9.55 Å². The number of hydrogen-bond acceptors (Lipinski definition) is 2. The highest BCUT2D eigenvalue weighted by Crippen LogP contribution is 2.10. The molecule has 0 aromatic carbocycles. The molecule has 0 spiro atoms. The van der Waals surface area contributed by atoms with Crippen molar-refractivity contribution in [2.75, 3.05) is 5.75 Å². The van der Waals surface area contributed by atoms with Crippen molar-refractivity contribution >= 4 is 17.8 Å². The van der Waals surface area contributed by atoms with Gasteiger partial charge in [0.1, 0.15) is 5.82 Å². The normalized spacial score (nSPS) is 11.4. The molecule has 0 aliphatic carbocycles. The molecule has 0 aliphatic heterocycles. The van der Waals surface area contributed by atoms with Gasteiger partial charge in [-0.3, -0.25) is 0 Å². The van der Waals surface area contributed by atoms with E-state index in [1.165, 1.54) is 17.9 Å². The maximum absolute atomic E-state index is 4.35. The van der Waals surface area contributed by atoms with Gasteiger partial charge in [0.05, 0.1) is 0 Å². The highest BCUT2D eigenvalue weighted by Gasteiger charge is 2.00. The molecule has 78 valence electrons. The minimum atomic E-state index is 1.04. The van der Waals surface area contributed by atoms with Gasteiger partial charge in [-0.2, -0.15) is 0 Å². The van der Waals surface area contributed by atoms with E-state index in [1.807, 2.05) is 18.0 Å². The molecule has 1 heterocycles. The molecule has 0 fully saturated rings. The number of imidazole rings is 1. The number of aryl methyl sites for hydroxylation is 1. The van der Waals surface area contributed by atoms with Crippen LogP contribution in [-0.2, 0) is 13.5 Å². The lowest BCUT2D eigenvalue weighted by Crippen LogP contribution is -1.96.